The van der Waals surface area contributed by atoms with Crippen molar-refractivity contribution < 1.29 is 4.74 Å². The molecule has 2 aromatic heterocycles. The normalized spacial score (nSPS) is 18.5. The van der Waals surface area contributed by atoms with E-state index in [2.05, 4.69) is 31.5 Å². The van der Waals surface area contributed by atoms with Crippen LogP contribution in [0.1, 0.15) is 12.2 Å². The molecule has 3 aromatic rings. The van der Waals surface area contributed by atoms with Crippen molar-refractivity contribution in [2.24, 2.45) is 18.5 Å². The van der Waals surface area contributed by atoms with E-state index in [0.29, 0.717) is 34.4 Å². The van der Waals surface area contributed by atoms with Crippen LogP contribution in [0.4, 0.5) is 0 Å². The molecule has 0 saturated heterocycles. The summed E-state index contributed by atoms with van der Waals surface area (Å²) in [6, 6.07) is 8.12. The average Bonchev–Trinajstić information content (AvgIpc) is 3.14. The van der Waals surface area contributed by atoms with E-state index in [1.165, 1.54) is 0 Å². The number of aryl methyl sites for hydroxylation is 1. The standard InChI is InChI=1S/C25H32ClN7O/c1-31(2)10-11-32(3)21-12-22(34-5)25(28,13-19(21)27)24-29-14-18(26)23(30-24)17-15-33(4)20-9-7-6-8-16(17)20/h6-9,12,14-15H,10-11,13,27-28H2,1-5H3. The Morgan fingerprint density at radius 3 is 2.65 bits per heavy atom. The van der Waals surface area contributed by atoms with Crippen molar-refractivity contribution in [1.29, 1.82) is 0 Å². The maximum atomic E-state index is 6.92. The average molecular weight is 482 g/mol. The van der Waals surface area contributed by atoms with Crippen LogP contribution in [0.2, 0.25) is 5.02 Å². The fourth-order valence-corrected chi connectivity index (χ4v) is 4.57. The third-order valence-electron chi connectivity index (χ3n) is 6.31. The van der Waals surface area contributed by atoms with Gasteiger partial charge >= 0.3 is 0 Å². The molecule has 0 amide bonds. The zero-order valence-electron chi connectivity index (χ0n) is 20.3. The Morgan fingerprint density at radius 2 is 1.94 bits per heavy atom. The molecule has 0 fully saturated rings. The summed E-state index contributed by atoms with van der Waals surface area (Å²) in [6.07, 6.45) is 5.84. The Labute approximate surface area is 205 Å². The maximum absolute atomic E-state index is 6.92. The summed E-state index contributed by atoms with van der Waals surface area (Å²) in [7, 11) is 9.70. The number of fused-ring (bicyclic) bond motifs is 1. The molecule has 2 heterocycles. The van der Waals surface area contributed by atoms with Gasteiger partial charge in [0, 0.05) is 74.2 Å². The molecule has 8 nitrogen and oxygen atoms in total. The maximum Gasteiger partial charge on any atom is 0.157 e. The number of likely N-dealkylation sites (N-methyl/N-ethyl adjacent to an activating group) is 2. The van der Waals surface area contributed by atoms with Crippen molar-refractivity contribution in [3.8, 4) is 11.3 Å². The molecular formula is C25H32ClN7O. The van der Waals surface area contributed by atoms with Crippen LogP contribution in [0.15, 0.2) is 59.9 Å². The summed E-state index contributed by atoms with van der Waals surface area (Å²) < 4.78 is 7.81. The van der Waals surface area contributed by atoms with E-state index in [9.17, 15) is 0 Å². The summed E-state index contributed by atoms with van der Waals surface area (Å²) in [5.74, 6) is 0.963. The van der Waals surface area contributed by atoms with Crippen LogP contribution >= 0.6 is 11.6 Å². The molecule has 0 saturated carbocycles. The molecule has 0 spiro atoms. The quantitative estimate of drug-likeness (QED) is 0.535. The topological polar surface area (TPSA) is 98.5 Å². The number of aromatic nitrogens is 3. The van der Waals surface area contributed by atoms with Crippen molar-refractivity contribution in [1.82, 2.24) is 24.3 Å². The number of hydrogen-bond donors (Lipinski definition) is 2. The highest BCUT2D eigenvalue weighted by Gasteiger charge is 2.41. The summed E-state index contributed by atoms with van der Waals surface area (Å²) >= 11 is 6.58. The summed E-state index contributed by atoms with van der Waals surface area (Å²) in [5.41, 5.74) is 16.5. The summed E-state index contributed by atoms with van der Waals surface area (Å²) in [4.78, 5) is 13.6. The molecule has 1 aromatic carbocycles. The SMILES string of the molecule is COC1=CC(N(C)CCN(C)C)=C(N)CC1(N)c1ncc(Cl)c(-c2cn(C)c3ccccc23)n1. The monoisotopic (exact) mass is 481 g/mol. The van der Waals surface area contributed by atoms with Gasteiger partial charge in [-0.15, -0.1) is 0 Å². The number of rotatable bonds is 7. The van der Waals surface area contributed by atoms with Crippen LogP contribution in [0.3, 0.4) is 0 Å². The first kappa shape index (κ1) is 24.1. The molecule has 1 aliphatic rings. The lowest BCUT2D eigenvalue weighted by molar-refractivity contribution is 0.205. The minimum atomic E-state index is -1.12. The molecular weight excluding hydrogens is 450 g/mol. The zero-order valence-corrected chi connectivity index (χ0v) is 21.1. The van der Waals surface area contributed by atoms with Gasteiger partial charge in [0.05, 0.1) is 23.5 Å². The molecule has 1 aliphatic carbocycles. The van der Waals surface area contributed by atoms with Crippen molar-refractivity contribution >= 4 is 22.5 Å². The van der Waals surface area contributed by atoms with Gasteiger partial charge in [-0.25, -0.2) is 9.97 Å². The predicted molar refractivity (Wildman–Crippen MR) is 137 cm³/mol. The number of ether oxygens (including phenoxy) is 1. The molecule has 34 heavy (non-hydrogen) atoms. The highest BCUT2D eigenvalue weighted by molar-refractivity contribution is 6.33. The highest BCUT2D eigenvalue weighted by Crippen LogP contribution is 2.39. The smallest absolute Gasteiger partial charge is 0.157 e. The number of benzene rings is 1. The van der Waals surface area contributed by atoms with Gasteiger partial charge in [0.2, 0.25) is 0 Å². The van der Waals surface area contributed by atoms with Gasteiger partial charge in [-0.3, -0.25) is 0 Å². The van der Waals surface area contributed by atoms with Gasteiger partial charge in [-0.05, 0) is 20.2 Å². The number of hydrogen-bond acceptors (Lipinski definition) is 7. The fourth-order valence-electron chi connectivity index (χ4n) is 4.38. The van der Waals surface area contributed by atoms with Crippen LogP contribution in [0, 0.1) is 0 Å². The summed E-state index contributed by atoms with van der Waals surface area (Å²) in [5, 5.41) is 1.51. The Balaban J connectivity index is 1.76. The number of nitrogens with zero attached hydrogens (tertiary/aromatic N) is 5. The molecule has 4 rings (SSSR count). The molecule has 0 radical (unpaired) electrons. The first-order valence-electron chi connectivity index (χ1n) is 11.1. The van der Waals surface area contributed by atoms with Gasteiger partial charge in [-0.2, -0.15) is 0 Å². The van der Waals surface area contributed by atoms with E-state index < -0.39 is 5.54 Å². The van der Waals surface area contributed by atoms with Gasteiger partial charge in [0.15, 0.2) is 5.82 Å². The van der Waals surface area contributed by atoms with Crippen molar-refractivity contribution in [3.63, 3.8) is 0 Å². The number of halogens is 1. The van der Waals surface area contributed by atoms with Crippen molar-refractivity contribution in [2.45, 2.75) is 12.0 Å². The predicted octanol–water partition coefficient (Wildman–Crippen LogP) is 3.04. The number of nitrogens with two attached hydrogens (primary N) is 2. The van der Waals surface area contributed by atoms with Crippen molar-refractivity contribution in [3.05, 3.63) is 70.7 Å². The Bertz CT molecular complexity index is 1280. The minimum absolute atomic E-state index is 0.324. The minimum Gasteiger partial charge on any atom is -0.499 e. The van der Waals surface area contributed by atoms with E-state index in [0.717, 1.165) is 35.3 Å². The fraction of sp³-hybridized carbons (Fsp3) is 0.360. The summed E-state index contributed by atoms with van der Waals surface area (Å²) in [6.45, 7) is 1.71. The van der Waals surface area contributed by atoms with E-state index in [-0.39, 0.29) is 0 Å². The lowest BCUT2D eigenvalue weighted by Crippen LogP contribution is -2.45. The van der Waals surface area contributed by atoms with Gasteiger partial charge in [-0.1, -0.05) is 29.8 Å². The van der Waals surface area contributed by atoms with Gasteiger partial charge in [0.1, 0.15) is 11.3 Å². The van der Waals surface area contributed by atoms with E-state index in [4.69, 9.17) is 32.8 Å². The molecule has 0 aliphatic heterocycles. The van der Waals surface area contributed by atoms with Crippen molar-refractivity contribution in [2.75, 3.05) is 41.3 Å². The Hall–Kier alpha value is -3.07. The zero-order chi connectivity index (χ0) is 24.6. The Kier molecular flexibility index (Phi) is 6.58. The molecule has 9 heteroatoms. The lowest BCUT2D eigenvalue weighted by Gasteiger charge is -2.36. The molecule has 180 valence electrons. The van der Waals surface area contributed by atoms with Crippen LogP contribution in [-0.4, -0.2) is 65.7 Å². The molecule has 1 unspecified atom stereocenters. The van der Waals surface area contributed by atoms with Gasteiger partial charge in [0.25, 0.3) is 0 Å². The van der Waals surface area contributed by atoms with Gasteiger partial charge < -0.3 is 30.6 Å². The first-order valence-corrected chi connectivity index (χ1v) is 11.5. The molecule has 4 N–H and O–H groups in total. The third kappa shape index (κ3) is 4.24. The van der Waals surface area contributed by atoms with Crippen LogP contribution in [0.5, 0.6) is 0 Å². The van der Waals surface area contributed by atoms with E-state index >= 15 is 0 Å². The van der Waals surface area contributed by atoms with Crippen LogP contribution in [-0.2, 0) is 17.3 Å². The highest BCUT2D eigenvalue weighted by atomic mass is 35.5. The van der Waals surface area contributed by atoms with E-state index in [1.54, 1.807) is 13.3 Å². The number of allylic oxidation sites excluding steroid dienone is 1. The number of methoxy groups -OCH3 is 1. The molecule has 1 atom stereocenters. The molecule has 0 bridgehead atoms. The second kappa shape index (κ2) is 9.29. The second-order valence-corrected chi connectivity index (χ2v) is 9.46. The van der Waals surface area contributed by atoms with Crippen LogP contribution < -0.4 is 11.5 Å². The van der Waals surface area contributed by atoms with E-state index in [1.807, 2.05) is 52.6 Å². The lowest BCUT2D eigenvalue weighted by atomic mass is 9.85. The third-order valence-corrected chi connectivity index (χ3v) is 6.59. The first-order chi connectivity index (χ1) is 16.2. The Morgan fingerprint density at radius 1 is 1.21 bits per heavy atom. The number of para-hydroxylation sites is 1. The largest absolute Gasteiger partial charge is 0.499 e. The second-order valence-electron chi connectivity index (χ2n) is 9.06. The van der Waals surface area contributed by atoms with Crippen LogP contribution in [0.25, 0.3) is 22.2 Å².